The van der Waals surface area contributed by atoms with Gasteiger partial charge in [-0.25, -0.2) is 0 Å². The zero-order valence-electron chi connectivity index (χ0n) is 9.43. The SMILES string of the molecule is CC(=O)N1CC[C@@H](OCc2ccccn2)C1. The van der Waals surface area contributed by atoms with Crippen LogP contribution < -0.4 is 0 Å². The van der Waals surface area contributed by atoms with Crippen molar-refractivity contribution in [3.8, 4) is 0 Å². The summed E-state index contributed by atoms with van der Waals surface area (Å²) in [5.74, 6) is 0.129. The standard InChI is InChI=1S/C12H16N2O2/c1-10(15)14-7-5-12(8-14)16-9-11-4-2-3-6-13-11/h2-4,6,12H,5,7-9H2,1H3/t12-/m1/s1. The molecule has 1 aliphatic heterocycles. The van der Waals surface area contributed by atoms with Crippen LogP contribution in [-0.4, -0.2) is 35.0 Å². The summed E-state index contributed by atoms with van der Waals surface area (Å²) in [5, 5.41) is 0. The van der Waals surface area contributed by atoms with Crippen molar-refractivity contribution in [2.45, 2.75) is 26.1 Å². The zero-order valence-corrected chi connectivity index (χ0v) is 9.43. The van der Waals surface area contributed by atoms with Crippen LogP contribution in [0.2, 0.25) is 0 Å². The Morgan fingerprint density at radius 3 is 3.12 bits per heavy atom. The van der Waals surface area contributed by atoms with Gasteiger partial charge in [0.05, 0.1) is 18.4 Å². The highest BCUT2D eigenvalue weighted by Gasteiger charge is 2.24. The number of carbonyl (C=O) groups excluding carboxylic acids is 1. The van der Waals surface area contributed by atoms with Crippen LogP contribution in [0.5, 0.6) is 0 Å². The Labute approximate surface area is 95.2 Å². The highest BCUT2D eigenvalue weighted by atomic mass is 16.5. The van der Waals surface area contributed by atoms with Gasteiger partial charge >= 0.3 is 0 Å². The number of nitrogens with zero attached hydrogens (tertiary/aromatic N) is 2. The van der Waals surface area contributed by atoms with E-state index in [1.807, 2.05) is 23.1 Å². The molecular weight excluding hydrogens is 204 g/mol. The van der Waals surface area contributed by atoms with Crippen LogP contribution >= 0.6 is 0 Å². The van der Waals surface area contributed by atoms with Crippen LogP contribution in [0.25, 0.3) is 0 Å². The van der Waals surface area contributed by atoms with E-state index in [9.17, 15) is 4.79 Å². The van der Waals surface area contributed by atoms with Crippen molar-refractivity contribution < 1.29 is 9.53 Å². The monoisotopic (exact) mass is 220 g/mol. The van der Waals surface area contributed by atoms with Crippen molar-refractivity contribution >= 4 is 5.91 Å². The predicted molar refractivity (Wildman–Crippen MR) is 59.7 cm³/mol. The summed E-state index contributed by atoms with van der Waals surface area (Å²) in [4.78, 5) is 17.1. The van der Waals surface area contributed by atoms with Crippen molar-refractivity contribution in [3.05, 3.63) is 30.1 Å². The Hall–Kier alpha value is -1.42. The van der Waals surface area contributed by atoms with E-state index in [1.54, 1.807) is 13.1 Å². The summed E-state index contributed by atoms with van der Waals surface area (Å²) < 4.78 is 5.71. The Kier molecular flexibility index (Phi) is 3.51. The predicted octanol–water partition coefficient (Wildman–Crippen LogP) is 1.22. The molecule has 1 aromatic heterocycles. The molecule has 0 N–H and O–H groups in total. The highest BCUT2D eigenvalue weighted by molar-refractivity contribution is 5.73. The lowest BCUT2D eigenvalue weighted by atomic mass is 10.3. The molecule has 0 radical (unpaired) electrons. The van der Waals surface area contributed by atoms with Crippen molar-refractivity contribution in [2.24, 2.45) is 0 Å². The van der Waals surface area contributed by atoms with E-state index < -0.39 is 0 Å². The molecule has 0 aromatic carbocycles. The van der Waals surface area contributed by atoms with Gasteiger partial charge in [-0.1, -0.05) is 6.07 Å². The molecule has 1 saturated heterocycles. The molecule has 4 nitrogen and oxygen atoms in total. The van der Waals surface area contributed by atoms with Crippen LogP contribution in [0.15, 0.2) is 24.4 Å². The molecule has 1 amide bonds. The third-order valence-corrected chi connectivity index (χ3v) is 2.78. The molecule has 2 heterocycles. The molecule has 0 saturated carbocycles. The Morgan fingerprint density at radius 2 is 2.50 bits per heavy atom. The number of likely N-dealkylation sites (tertiary alicyclic amines) is 1. The summed E-state index contributed by atoms with van der Waals surface area (Å²) in [6.07, 6.45) is 2.84. The molecule has 0 aliphatic carbocycles. The van der Waals surface area contributed by atoms with Gasteiger partial charge in [0.2, 0.25) is 5.91 Å². The van der Waals surface area contributed by atoms with Gasteiger partial charge in [-0.15, -0.1) is 0 Å². The van der Waals surface area contributed by atoms with Crippen molar-refractivity contribution in [1.82, 2.24) is 9.88 Å². The molecule has 0 spiro atoms. The molecule has 0 bridgehead atoms. The minimum absolute atomic E-state index is 0.129. The smallest absolute Gasteiger partial charge is 0.219 e. The van der Waals surface area contributed by atoms with Gasteiger partial charge in [-0.05, 0) is 18.6 Å². The van der Waals surface area contributed by atoms with E-state index in [0.717, 1.165) is 18.7 Å². The van der Waals surface area contributed by atoms with Gasteiger partial charge in [0.25, 0.3) is 0 Å². The summed E-state index contributed by atoms with van der Waals surface area (Å²) >= 11 is 0. The number of aromatic nitrogens is 1. The number of rotatable bonds is 3. The van der Waals surface area contributed by atoms with Crippen molar-refractivity contribution in [3.63, 3.8) is 0 Å². The fourth-order valence-electron chi connectivity index (χ4n) is 1.84. The summed E-state index contributed by atoms with van der Waals surface area (Å²) in [6, 6.07) is 5.77. The fraction of sp³-hybridized carbons (Fsp3) is 0.500. The summed E-state index contributed by atoms with van der Waals surface area (Å²) in [5.41, 5.74) is 0.934. The number of ether oxygens (including phenoxy) is 1. The van der Waals surface area contributed by atoms with Gasteiger partial charge in [0, 0.05) is 26.2 Å². The normalized spacial score (nSPS) is 20.1. The average molecular weight is 220 g/mol. The topological polar surface area (TPSA) is 42.4 Å². The van der Waals surface area contributed by atoms with Gasteiger partial charge in [0.15, 0.2) is 0 Å². The maximum absolute atomic E-state index is 11.1. The fourth-order valence-corrected chi connectivity index (χ4v) is 1.84. The number of hydrogen-bond donors (Lipinski definition) is 0. The molecule has 2 rings (SSSR count). The molecule has 1 fully saturated rings. The first-order valence-corrected chi connectivity index (χ1v) is 5.53. The Balaban J connectivity index is 1.78. The Bertz CT molecular complexity index is 353. The lowest BCUT2D eigenvalue weighted by Gasteiger charge is -2.14. The minimum atomic E-state index is 0.129. The molecule has 1 atom stereocenters. The average Bonchev–Trinajstić information content (AvgIpc) is 2.76. The maximum Gasteiger partial charge on any atom is 0.219 e. The lowest BCUT2D eigenvalue weighted by Crippen LogP contribution is -2.27. The Morgan fingerprint density at radius 1 is 1.62 bits per heavy atom. The number of carbonyl (C=O) groups is 1. The van der Waals surface area contributed by atoms with E-state index in [4.69, 9.17) is 4.74 Å². The zero-order chi connectivity index (χ0) is 11.4. The van der Waals surface area contributed by atoms with Crippen LogP contribution in [0.3, 0.4) is 0 Å². The number of hydrogen-bond acceptors (Lipinski definition) is 3. The van der Waals surface area contributed by atoms with Crippen LogP contribution in [0.1, 0.15) is 19.0 Å². The van der Waals surface area contributed by atoms with Gasteiger partial charge < -0.3 is 9.64 Å². The van der Waals surface area contributed by atoms with E-state index >= 15 is 0 Å². The highest BCUT2D eigenvalue weighted by Crippen LogP contribution is 2.14. The third-order valence-electron chi connectivity index (χ3n) is 2.78. The van der Waals surface area contributed by atoms with Crippen LogP contribution in [0.4, 0.5) is 0 Å². The first kappa shape index (κ1) is 11.1. The van der Waals surface area contributed by atoms with E-state index in [2.05, 4.69) is 4.98 Å². The molecule has 4 heteroatoms. The van der Waals surface area contributed by atoms with Crippen LogP contribution in [0, 0.1) is 0 Å². The first-order valence-electron chi connectivity index (χ1n) is 5.53. The molecular formula is C12H16N2O2. The second kappa shape index (κ2) is 5.07. The second-order valence-electron chi connectivity index (χ2n) is 4.01. The largest absolute Gasteiger partial charge is 0.370 e. The summed E-state index contributed by atoms with van der Waals surface area (Å²) in [7, 11) is 0. The number of pyridine rings is 1. The third kappa shape index (κ3) is 2.79. The van der Waals surface area contributed by atoms with E-state index in [1.165, 1.54) is 0 Å². The lowest BCUT2D eigenvalue weighted by molar-refractivity contribution is -0.128. The molecule has 86 valence electrons. The molecule has 0 unspecified atom stereocenters. The van der Waals surface area contributed by atoms with Crippen LogP contribution in [-0.2, 0) is 16.1 Å². The van der Waals surface area contributed by atoms with Crippen molar-refractivity contribution in [1.29, 1.82) is 0 Å². The second-order valence-corrected chi connectivity index (χ2v) is 4.01. The van der Waals surface area contributed by atoms with E-state index in [0.29, 0.717) is 13.2 Å². The molecule has 1 aliphatic rings. The first-order chi connectivity index (χ1) is 7.75. The molecule has 1 aromatic rings. The molecule has 16 heavy (non-hydrogen) atoms. The quantitative estimate of drug-likeness (QED) is 0.769. The minimum Gasteiger partial charge on any atom is -0.370 e. The maximum atomic E-state index is 11.1. The van der Waals surface area contributed by atoms with E-state index in [-0.39, 0.29) is 12.0 Å². The van der Waals surface area contributed by atoms with Crippen molar-refractivity contribution in [2.75, 3.05) is 13.1 Å². The van der Waals surface area contributed by atoms with Gasteiger partial charge in [-0.2, -0.15) is 0 Å². The van der Waals surface area contributed by atoms with Gasteiger partial charge in [0.1, 0.15) is 0 Å². The van der Waals surface area contributed by atoms with Gasteiger partial charge in [-0.3, -0.25) is 9.78 Å². The number of amides is 1. The summed E-state index contributed by atoms with van der Waals surface area (Å²) in [6.45, 7) is 3.64.